The van der Waals surface area contributed by atoms with Crippen LogP contribution in [-0.2, 0) is 0 Å². The van der Waals surface area contributed by atoms with Crippen molar-refractivity contribution in [2.75, 3.05) is 5.73 Å². The van der Waals surface area contributed by atoms with Crippen molar-refractivity contribution in [2.24, 2.45) is 0 Å². The molecule has 3 heteroatoms. The van der Waals surface area contributed by atoms with Crippen LogP contribution in [0.25, 0.3) is 0 Å². The number of rotatable bonds is 4. The molecule has 1 atom stereocenters. The van der Waals surface area contributed by atoms with Crippen LogP contribution in [0.15, 0.2) is 18.2 Å². The lowest BCUT2D eigenvalue weighted by Crippen LogP contribution is -2.32. The summed E-state index contributed by atoms with van der Waals surface area (Å²) in [6.07, 6.45) is 2.06. The fourth-order valence-electron chi connectivity index (χ4n) is 1.69. The molecule has 1 aromatic rings. The molecule has 0 aromatic heterocycles. The summed E-state index contributed by atoms with van der Waals surface area (Å²) in [6.45, 7) is 6.04. The molecule has 1 amide bonds. The first-order valence-corrected chi connectivity index (χ1v) is 5.71. The highest BCUT2D eigenvalue weighted by molar-refractivity contribution is 5.96. The minimum atomic E-state index is -0.0363. The van der Waals surface area contributed by atoms with Gasteiger partial charge in [-0.1, -0.05) is 19.4 Å². The molecule has 0 saturated heterocycles. The lowest BCUT2D eigenvalue weighted by molar-refractivity contribution is 0.0938. The van der Waals surface area contributed by atoms with E-state index in [-0.39, 0.29) is 11.9 Å². The molecule has 3 nitrogen and oxygen atoms in total. The predicted octanol–water partition coefficient (Wildman–Crippen LogP) is 2.50. The van der Waals surface area contributed by atoms with E-state index in [2.05, 4.69) is 12.2 Å². The molecular weight excluding hydrogens is 200 g/mol. The van der Waals surface area contributed by atoms with Gasteiger partial charge < -0.3 is 11.1 Å². The van der Waals surface area contributed by atoms with Gasteiger partial charge in [0.15, 0.2) is 0 Å². The Kier molecular flexibility index (Phi) is 4.35. The van der Waals surface area contributed by atoms with Crippen LogP contribution in [0.1, 0.15) is 42.6 Å². The Morgan fingerprint density at radius 2 is 2.19 bits per heavy atom. The van der Waals surface area contributed by atoms with Crippen molar-refractivity contribution in [3.05, 3.63) is 29.3 Å². The summed E-state index contributed by atoms with van der Waals surface area (Å²) in [5.74, 6) is -0.0363. The van der Waals surface area contributed by atoms with Crippen molar-refractivity contribution in [1.82, 2.24) is 5.32 Å². The Balaban J connectivity index is 2.76. The van der Waals surface area contributed by atoms with Crippen LogP contribution in [-0.4, -0.2) is 11.9 Å². The van der Waals surface area contributed by atoms with Crippen LogP contribution in [0.5, 0.6) is 0 Å². The zero-order valence-corrected chi connectivity index (χ0v) is 10.2. The Labute approximate surface area is 97.0 Å². The molecule has 0 bridgehead atoms. The van der Waals surface area contributed by atoms with Crippen molar-refractivity contribution in [1.29, 1.82) is 0 Å². The Hall–Kier alpha value is -1.51. The third-order valence-corrected chi connectivity index (χ3v) is 2.61. The van der Waals surface area contributed by atoms with Crippen molar-refractivity contribution >= 4 is 11.6 Å². The van der Waals surface area contributed by atoms with Gasteiger partial charge in [-0.15, -0.1) is 0 Å². The van der Waals surface area contributed by atoms with Crippen LogP contribution in [0.3, 0.4) is 0 Å². The molecule has 16 heavy (non-hydrogen) atoms. The van der Waals surface area contributed by atoms with Gasteiger partial charge in [0.25, 0.3) is 5.91 Å². The van der Waals surface area contributed by atoms with Crippen molar-refractivity contribution in [2.45, 2.75) is 39.7 Å². The quantitative estimate of drug-likeness (QED) is 0.766. The fourth-order valence-corrected chi connectivity index (χ4v) is 1.69. The normalized spacial score (nSPS) is 12.2. The lowest BCUT2D eigenvalue weighted by Gasteiger charge is -2.14. The molecule has 0 aliphatic carbocycles. The second kappa shape index (κ2) is 5.54. The van der Waals surface area contributed by atoms with Gasteiger partial charge in [-0.25, -0.2) is 0 Å². The van der Waals surface area contributed by atoms with Gasteiger partial charge in [-0.05, 0) is 38.0 Å². The molecule has 0 saturated carbocycles. The van der Waals surface area contributed by atoms with Gasteiger partial charge in [0.2, 0.25) is 0 Å². The molecule has 1 unspecified atom stereocenters. The summed E-state index contributed by atoms with van der Waals surface area (Å²) in [6, 6.07) is 5.61. The maximum absolute atomic E-state index is 11.9. The fraction of sp³-hybridized carbons (Fsp3) is 0.462. The minimum Gasteiger partial charge on any atom is -0.399 e. The van der Waals surface area contributed by atoms with Gasteiger partial charge in [-0.3, -0.25) is 4.79 Å². The van der Waals surface area contributed by atoms with E-state index in [1.807, 2.05) is 26.0 Å². The smallest absolute Gasteiger partial charge is 0.251 e. The van der Waals surface area contributed by atoms with Crippen LogP contribution >= 0.6 is 0 Å². The first-order chi connectivity index (χ1) is 7.54. The first kappa shape index (κ1) is 12.6. The van der Waals surface area contributed by atoms with E-state index >= 15 is 0 Å². The van der Waals surface area contributed by atoms with Crippen LogP contribution in [0, 0.1) is 6.92 Å². The number of anilines is 1. The summed E-state index contributed by atoms with van der Waals surface area (Å²) in [5, 5.41) is 2.97. The van der Waals surface area contributed by atoms with E-state index in [4.69, 9.17) is 5.73 Å². The third kappa shape index (κ3) is 3.26. The molecule has 3 N–H and O–H groups in total. The standard InChI is InChI=1S/C13H20N2O/c1-4-5-10(3)15-13(16)12-8-11(14)7-6-9(12)2/h6-8,10H,4-5,14H2,1-3H3,(H,15,16). The number of carbonyl (C=O) groups excluding carboxylic acids is 1. The van der Waals surface area contributed by atoms with E-state index in [0.29, 0.717) is 11.3 Å². The molecule has 0 spiro atoms. The minimum absolute atomic E-state index is 0.0363. The molecule has 1 rings (SSSR count). The van der Waals surface area contributed by atoms with Crippen LogP contribution in [0.2, 0.25) is 0 Å². The van der Waals surface area contributed by atoms with Crippen molar-refractivity contribution in [3.8, 4) is 0 Å². The number of nitrogen functional groups attached to an aromatic ring is 1. The second-order valence-electron chi connectivity index (χ2n) is 4.24. The monoisotopic (exact) mass is 220 g/mol. The van der Waals surface area contributed by atoms with Gasteiger partial charge in [0.1, 0.15) is 0 Å². The van der Waals surface area contributed by atoms with Gasteiger partial charge in [0, 0.05) is 17.3 Å². The molecule has 0 aliphatic rings. The summed E-state index contributed by atoms with van der Waals surface area (Å²) < 4.78 is 0. The topological polar surface area (TPSA) is 55.1 Å². The predicted molar refractivity (Wildman–Crippen MR) is 67.4 cm³/mol. The van der Waals surface area contributed by atoms with Crippen molar-refractivity contribution in [3.63, 3.8) is 0 Å². The summed E-state index contributed by atoms with van der Waals surface area (Å²) in [4.78, 5) is 11.9. The van der Waals surface area contributed by atoms with Gasteiger partial charge in [-0.2, -0.15) is 0 Å². The van der Waals surface area contributed by atoms with Gasteiger partial charge in [0.05, 0.1) is 0 Å². The van der Waals surface area contributed by atoms with E-state index < -0.39 is 0 Å². The average molecular weight is 220 g/mol. The maximum Gasteiger partial charge on any atom is 0.251 e. The highest BCUT2D eigenvalue weighted by Gasteiger charge is 2.11. The highest BCUT2D eigenvalue weighted by atomic mass is 16.1. The molecule has 0 fully saturated rings. The zero-order chi connectivity index (χ0) is 12.1. The maximum atomic E-state index is 11.9. The Bertz CT molecular complexity index is 374. The van der Waals surface area contributed by atoms with E-state index in [1.165, 1.54) is 0 Å². The largest absolute Gasteiger partial charge is 0.399 e. The summed E-state index contributed by atoms with van der Waals surface area (Å²) >= 11 is 0. The number of carbonyl (C=O) groups is 1. The number of aryl methyl sites for hydroxylation is 1. The van der Waals surface area contributed by atoms with E-state index in [1.54, 1.807) is 6.07 Å². The Morgan fingerprint density at radius 1 is 1.50 bits per heavy atom. The molecular formula is C13H20N2O. The van der Waals surface area contributed by atoms with E-state index in [0.717, 1.165) is 18.4 Å². The average Bonchev–Trinajstić information content (AvgIpc) is 2.21. The molecule has 1 aromatic carbocycles. The van der Waals surface area contributed by atoms with E-state index in [9.17, 15) is 4.79 Å². The van der Waals surface area contributed by atoms with Crippen LogP contribution in [0.4, 0.5) is 5.69 Å². The third-order valence-electron chi connectivity index (χ3n) is 2.61. The van der Waals surface area contributed by atoms with Crippen LogP contribution < -0.4 is 11.1 Å². The Morgan fingerprint density at radius 3 is 2.81 bits per heavy atom. The number of nitrogens with two attached hydrogens (primary N) is 1. The molecule has 0 radical (unpaired) electrons. The molecule has 88 valence electrons. The number of nitrogens with one attached hydrogen (secondary N) is 1. The lowest BCUT2D eigenvalue weighted by atomic mass is 10.1. The number of hydrogen-bond donors (Lipinski definition) is 2. The zero-order valence-electron chi connectivity index (χ0n) is 10.2. The summed E-state index contributed by atoms with van der Waals surface area (Å²) in [5.41, 5.74) is 7.92. The first-order valence-electron chi connectivity index (χ1n) is 5.71. The number of benzene rings is 1. The van der Waals surface area contributed by atoms with Crippen molar-refractivity contribution < 1.29 is 4.79 Å². The molecule has 0 heterocycles. The second-order valence-corrected chi connectivity index (χ2v) is 4.24. The van der Waals surface area contributed by atoms with Gasteiger partial charge >= 0.3 is 0 Å². The molecule has 0 aliphatic heterocycles. The summed E-state index contributed by atoms with van der Waals surface area (Å²) in [7, 11) is 0. The number of hydrogen-bond acceptors (Lipinski definition) is 2. The SMILES string of the molecule is CCCC(C)NC(=O)c1cc(N)ccc1C. The number of amides is 1. The highest BCUT2D eigenvalue weighted by Crippen LogP contribution is 2.12.